The Bertz CT molecular complexity index is 934. The molecule has 0 aliphatic carbocycles. The highest BCUT2D eigenvalue weighted by Crippen LogP contribution is 2.22. The molecule has 0 saturated heterocycles. The second-order valence-corrected chi connectivity index (χ2v) is 6.14. The summed E-state index contributed by atoms with van der Waals surface area (Å²) in [5, 5.41) is 0. The summed E-state index contributed by atoms with van der Waals surface area (Å²) in [6.07, 6.45) is -0.266. The molecule has 3 rings (SSSR count). The van der Waals surface area contributed by atoms with Crippen LogP contribution in [-0.2, 0) is 4.74 Å². The van der Waals surface area contributed by atoms with Gasteiger partial charge in [0.25, 0.3) is 0 Å². The quantitative estimate of drug-likeness (QED) is 0.493. The number of aromatic nitrogens is 1. The van der Waals surface area contributed by atoms with Crippen LogP contribution in [0.5, 0.6) is 5.75 Å². The van der Waals surface area contributed by atoms with Gasteiger partial charge in [0, 0.05) is 0 Å². The van der Waals surface area contributed by atoms with E-state index in [1.165, 1.54) is 12.1 Å². The molecule has 1 aromatic heterocycles. The SMILES string of the molecule is CC(C)OC(=O)c1cccc(C(=O)Oc2ccc(-c3ccccc3)cc2)n1. The van der Waals surface area contributed by atoms with Crippen molar-refractivity contribution in [3.63, 3.8) is 0 Å². The molecule has 5 nitrogen and oxygen atoms in total. The highest BCUT2D eigenvalue weighted by Gasteiger charge is 2.16. The van der Waals surface area contributed by atoms with Gasteiger partial charge in [-0.05, 0) is 49.2 Å². The van der Waals surface area contributed by atoms with Gasteiger partial charge >= 0.3 is 11.9 Å². The number of ether oxygens (including phenoxy) is 2. The van der Waals surface area contributed by atoms with Crippen LogP contribution >= 0.6 is 0 Å². The van der Waals surface area contributed by atoms with Crippen molar-refractivity contribution in [2.45, 2.75) is 20.0 Å². The third-order valence-electron chi connectivity index (χ3n) is 3.68. The van der Waals surface area contributed by atoms with E-state index in [0.717, 1.165) is 11.1 Å². The fourth-order valence-corrected chi connectivity index (χ4v) is 2.44. The highest BCUT2D eigenvalue weighted by atomic mass is 16.5. The van der Waals surface area contributed by atoms with E-state index in [-0.39, 0.29) is 17.5 Å². The summed E-state index contributed by atoms with van der Waals surface area (Å²) in [7, 11) is 0. The molecule has 0 fully saturated rings. The molecule has 27 heavy (non-hydrogen) atoms. The number of pyridine rings is 1. The van der Waals surface area contributed by atoms with Gasteiger partial charge in [0.1, 0.15) is 17.1 Å². The van der Waals surface area contributed by atoms with Gasteiger partial charge in [-0.2, -0.15) is 0 Å². The van der Waals surface area contributed by atoms with Crippen molar-refractivity contribution < 1.29 is 19.1 Å². The standard InChI is InChI=1S/C22H19NO4/c1-15(2)26-21(24)19-9-6-10-20(23-19)22(25)27-18-13-11-17(12-14-18)16-7-4-3-5-8-16/h3-15H,1-2H3. The normalized spacial score (nSPS) is 10.5. The van der Waals surface area contributed by atoms with Crippen molar-refractivity contribution in [2.75, 3.05) is 0 Å². The summed E-state index contributed by atoms with van der Waals surface area (Å²) < 4.78 is 10.4. The van der Waals surface area contributed by atoms with E-state index in [0.29, 0.717) is 5.75 Å². The minimum Gasteiger partial charge on any atom is -0.458 e. The van der Waals surface area contributed by atoms with Crippen LogP contribution in [0.15, 0.2) is 72.8 Å². The van der Waals surface area contributed by atoms with Crippen LogP contribution in [0.1, 0.15) is 34.8 Å². The molecule has 3 aromatic rings. The Morgan fingerprint density at radius 3 is 1.96 bits per heavy atom. The summed E-state index contributed by atoms with van der Waals surface area (Å²) in [5.41, 5.74) is 2.21. The van der Waals surface area contributed by atoms with Gasteiger partial charge in [0.2, 0.25) is 0 Å². The summed E-state index contributed by atoms with van der Waals surface area (Å²) >= 11 is 0. The minimum absolute atomic E-state index is 0.0420. The van der Waals surface area contributed by atoms with E-state index in [1.54, 1.807) is 32.0 Å². The van der Waals surface area contributed by atoms with Crippen LogP contribution in [0.4, 0.5) is 0 Å². The number of carbonyl (C=O) groups excluding carboxylic acids is 2. The van der Waals surface area contributed by atoms with Crippen molar-refractivity contribution in [3.8, 4) is 16.9 Å². The molecule has 0 spiro atoms. The van der Waals surface area contributed by atoms with Crippen LogP contribution < -0.4 is 4.74 Å². The molecular weight excluding hydrogens is 342 g/mol. The third kappa shape index (κ3) is 4.79. The van der Waals surface area contributed by atoms with Crippen LogP contribution in [-0.4, -0.2) is 23.0 Å². The molecular formula is C22H19NO4. The minimum atomic E-state index is -0.637. The maximum atomic E-state index is 12.3. The van der Waals surface area contributed by atoms with Crippen molar-refractivity contribution in [2.24, 2.45) is 0 Å². The van der Waals surface area contributed by atoms with Gasteiger partial charge in [0.15, 0.2) is 0 Å². The van der Waals surface area contributed by atoms with Crippen LogP contribution in [0, 0.1) is 0 Å². The van der Waals surface area contributed by atoms with Gasteiger partial charge in [-0.25, -0.2) is 14.6 Å². The van der Waals surface area contributed by atoms with Gasteiger partial charge < -0.3 is 9.47 Å². The molecule has 0 amide bonds. The lowest BCUT2D eigenvalue weighted by molar-refractivity contribution is 0.0370. The predicted octanol–water partition coefficient (Wildman–Crippen LogP) is 4.53. The van der Waals surface area contributed by atoms with E-state index in [2.05, 4.69) is 4.98 Å². The zero-order valence-corrected chi connectivity index (χ0v) is 15.1. The predicted molar refractivity (Wildman–Crippen MR) is 102 cm³/mol. The monoisotopic (exact) mass is 361 g/mol. The molecule has 5 heteroatoms. The average Bonchev–Trinajstić information content (AvgIpc) is 2.69. The number of carbonyl (C=O) groups is 2. The van der Waals surface area contributed by atoms with E-state index >= 15 is 0 Å². The first-order valence-electron chi connectivity index (χ1n) is 8.58. The van der Waals surface area contributed by atoms with Gasteiger partial charge in [-0.15, -0.1) is 0 Å². The number of nitrogens with zero attached hydrogens (tertiary/aromatic N) is 1. The molecule has 0 N–H and O–H groups in total. The Morgan fingerprint density at radius 2 is 1.33 bits per heavy atom. The highest BCUT2D eigenvalue weighted by molar-refractivity contribution is 5.92. The van der Waals surface area contributed by atoms with Crippen molar-refractivity contribution in [1.82, 2.24) is 4.98 Å². The lowest BCUT2D eigenvalue weighted by Crippen LogP contribution is -2.16. The molecule has 2 aromatic carbocycles. The Hall–Kier alpha value is -3.47. The number of benzene rings is 2. The molecule has 136 valence electrons. The Labute approximate surface area is 157 Å². The van der Waals surface area contributed by atoms with Crippen LogP contribution in [0.3, 0.4) is 0 Å². The maximum absolute atomic E-state index is 12.3. The summed E-state index contributed by atoms with van der Waals surface area (Å²) in [6, 6.07) is 21.6. The first kappa shape index (κ1) is 18.3. The smallest absolute Gasteiger partial charge is 0.362 e. The first-order valence-corrected chi connectivity index (χ1v) is 8.58. The zero-order chi connectivity index (χ0) is 19.2. The lowest BCUT2D eigenvalue weighted by atomic mass is 10.1. The number of hydrogen-bond acceptors (Lipinski definition) is 5. The fourth-order valence-electron chi connectivity index (χ4n) is 2.44. The van der Waals surface area contributed by atoms with Crippen LogP contribution in [0.25, 0.3) is 11.1 Å². The largest absolute Gasteiger partial charge is 0.458 e. The van der Waals surface area contributed by atoms with Crippen molar-refractivity contribution >= 4 is 11.9 Å². The molecule has 0 saturated carbocycles. The lowest BCUT2D eigenvalue weighted by Gasteiger charge is -2.08. The third-order valence-corrected chi connectivity index (χ3v) is 3.68. The topological polar surface area (TPSA) is 65.5 Å². The molecule has 1 heterocycles. The summed E-state index contributed by atoms with van der Waals surface area (Å²) in [6.45, 7) is 3.49. The van der Waals surface area contributed by atoms with Gasteiger partial charge in [0.05, 0.1) is 6.10 Å². The Balaban J connectivity index is 1.71. The molecule has 0 aliphatic heterocycles. The van der Waals surface area contributed by atoms with E-state index in [4.69, 9.17) is 9.47 Å². The van der Waals surface area contributed by atoms with Crippen molar-refractivity contribution in [1.29, 1.82) is 0 Å². The second-order valence-electron chi connectivity index (χ2n) is 6.14. The number of esters is 2. The van der Waals surface area contributed by atoms with Gasteiger partial charge in [-0.3, -0.25) is 0 Å². The molecule has 0 bridgehead atoms. The van der Waals surface area contributed by atoms with E-state index < -0.39 is 11.9 Å². The zero-order valence-electron chi connectivity index (χ0n) is 15.1. The van der Waals surface area contributed by atoms with Crippen molar-refractivity contribution in [3.05, 3.63) is 84.2 Å². The van der Waals surface area contributed by atoms with Crippen LogP contribution in [0.2, 0.25) is 0 Å². The first-order chi connectivity index (χ1) is 13.0. The van der Waals surface area contributed by atoms with E-state index in [9.17, 15) is 9.59 Å². The second kappa shape index (κ2) is 8.27. The molecule has 0 aliphatic rings. The Morgan fingerprint density at radius 1 is 0.741 bits per heavy atom. The Kier molecular flexibility index (Phi) is 5.61. The maximum Gasteiger partial charge on any atom is 0.362 e. The number of hydrogen-bond donors (Lipinski definition) is 0. The van der Waals surface area contributed by atoms with E-state index in [1.807, 2.05) is 42.5 Å². The molecule has 0 unspecified atom stereocenters. The average molecular weight is 361 g/mol. The number of rotatable bonds is 5. The fraction of sp³-hybridized carbons (Fsp3) is 0.136. The summed E-state index contributed by atoms with van der Waals surface area (Å²) in [4.78, 5) is 28.3. The summed E-state index contributed by atoms with van der Waals surface area (Å²) in [5.74, 6) is -0.815. The molecule has 0 radical (unpaired) electrons. The van der Waals surface area contributed by atoms with Gasteiger partial charge in [-0.1, -0.05) is 48.5 Å². The molecule has 0 atom stereocenters.